The van der Waals surface area contributed by atoms with Crippen molar-refractivity contribution in [2.45, 2.75) is 13.5 Å². The first-order valence-electron chi connectivity index (χ1n) is 8.21. The quantitative estimate of drug-likeness (QED) is 0.704. The van der Waals surface area contributed by atoms with E-state index < -0.39 is 0 Å². The van der Waals surface area contributed by atoms with Crippen LogP contribution in [-0.2, 0) is 6.54 Å². The number of hydrogen-bond acceptors (Lipinski definition) is 5. The topological polar surface area (TPSA) is 71.1 Å². The van der Waals surface area contributed by atoms with Crippen LogP contribution in [0, 0.1) is 18.3 Å². The second kappa shape index (κ2) is 8.04. The van der Waals surface area contributed by atoms with Gasteiger partial charge in [0.05, 0.1) is 7.11 Å². The van der Waals surface area contributed by atoms with E-state index in [0.29, 0.717) is 18.3 Å². The number of oxazole rings is 1. The smallest absolute Gasteiger partial charge is 0.232 e. The third-order valence-electron chi connectivity index (χ3n) is 3.87. The van der Waals surface area contributed by atoms with Crippen molar-refractivity contribution in [3.8, 4) is 11.8 Å². The monoisotopic (exact) mass is 345 g/mol. The number of methoxy groups -OCH3 is 1. The molecule has 0 aliphatic carbocycles. The first-order chi connectivity index (χ1) is 12.7. The molecule has 0 fully saturated rings. The van der Waals surface area contributed by atoms with Crippen LogP contribution in [0.1, 0.15) is 28.3 Å². The Balaban J connectivity index is 1.75. The second-order valence-corrected chi connectivity index (χ2v) is 5.76. The summed E-state index contributed by atoms with van der Waals surface area (Å²) >= 11 is 0. The van der Waals surface area contributed by atoms with Gasteiger partial charge >= 0.3 is 0 Å². The molecule has 1 heterocycles. The van der Waals surface area contributed by atoms with E-state index in [1.807, 2.05) is 61.5 Å². The first kappa shape index (κ1) is 17.3. The molecule has 0 amide bonds. The lowest BCUT2D eigenvalue weighted by Crippen LogP contribution is -1.99. The zero-order chi connectivity index (χ0) is 18.4. The summed E-state index contributed by atoms with van der Waals surface area (Å²) in [5, 5.41) is 12.4. The van der Waals surface area contributed by atoms with E-state index in [2.05, 4.69) is 16.4 Å². The largest absolute Gasteiger partial charge is 0.496 e. The van der Waals surface area contributed by atoms with Gasteiger partial charge in [0, 0.05) is 18.2 Å². The Labute approximate surface area is 152 Å². The molecule has 5 nitrogen and oxygen atoms in total. The third-order valence-corrected chi connectivity index (χ3v) is 3.87. The van der Waals surface area contributed by atoms with Gasteiger partial charge in [-0.1, -0.05) is 48.0 Å². The maximum atomic E-state index is 9.28. The lowest BCUT2D eigenvalue weighted by Gasteiger charge is -2.03. The number of nitrogens with zero attached hydrogens (tertiary/aromatic N) is 2. The van der Waals surface area contributed by atoms with E-state index in [-0.39, 0.29) is 5.69 Å². The minimum Gasteiger partial charge on any atom is -0.496 e. The zero-order valence-corrected chi connectivity index (χ0v) is 14.7. The van der Waals surface area contributed by atoms with Crippen LogP contribution in [0.2, 0.25) is 0 Å². The van der Waals surface area contributed by atoms with E-state index in [1.165, 1.54) is 5.56 Å². The van der Waals surface area contributed by atoms with Crippen molar-refractivity contribution in [1.29, 1.82) is 5.26 Å². The molecular formula is C21H19N3O2. The molecule has 0 radical (unpaired) electrons. The molecule has 0 aliphatic rings. The van der Waals surface area contributed by atoms with Crippen molar-refractivity contribution in [2.75, 3.05) is 12.4 Å². The number of aryl methyl sites for hydroxylation is 1. The summed E-state index contributed by atoms with van der Waals surface area (Å²) in [7, 11) is 1.62. The average molecular weight is 345 g/mol. The lowest BCUT2D eigenvalue weighted by molar-refractivity contribution is 0.414. The fourth-order valence-corrected chi connectivity index (χ4v) is 2.46. The van der Waals surface area contributed by atoms with Crippen molar-refractivity contribution < 1.29 is 9.15 Å². The molecule has 0 aliphatic heterocycles. The van der Waals surface area contributed by atoms with Gasteiger partial charge in [0.1, 0.15) is 11.8 Å². The molecule has 3 rings (SSSR count). The summed E-state index contributed by atoms with van der Waals surface area (Å²) < 4.78 is 11.0. The van der Waals surface area contributed by atoms with Crippen LogP contribution in [0.5, 0.6) is 5.75 Å². The predicted octanol–water partition coefficient (Wildman–Crippen LogP) is 4.65. The van der Waals surface area contributed by atoms with Gasteiger partial charge in [0.2, 0.25) is 17.5 Å². The van der Waals surface area contributed by atoms with Gasteiger partial charge in [-0.2, -0.15) is 10.2 Å². The number of anilines is 1. The van der Waals surface area contributed by atoms with E-state index in [9.17, 15) is 5.26 Å². The molecule has 0 bridgehead atoms. The zero-order valence-electron chi connectivity index (χ0n) is 14.7. The van der Waals surface area contributed by atoms with Gasteiger partial charge in [-0.15, -0.1) is 0 Å². The molecule has 1 N–H and O–H groups in total. The summed E-state index contributed by atoms with van der Waals surface area (Å²) in [5.41, 5.74) is 3.44. The van der Waals surface area contributed by atoms with E-state index in [0.717, 1.165) is 16.9 Å². The molecule has 26 heavy (non-hydrogen) atoms. The summed E-state index contributed by atoms with van der Waals surface area (Å²) in [6, 6.07) is 17.9. The first-order valence-corrected chi connectivity index (χ1v) is 8.21. The fourth-order valence-electron chi connectivity index (χ4n) is 2.46. The SMILES string of the molecule is COc1ccccc1C=Cc1nc(C#N)c(NCc2ccc(C)cc2)o1. The summed E-state index contributed by atoms with van der Waals surface area (Å²) in [6.45, 7) is 2.60. The molecule has 0 saturated carbocycles. The molecule has 0 spiro atoms. The number of rotatable bonds is 6. The number of nitriles is 1. The molecule has 0 atom stereocenters. The van der Waals surface area contributed by atoms with Crippen LogP contribution in [0.25, 0.3) is 12.2 Å². The molecule has 5 heteroatoms. The van der Waals surface area contributed by atoms with Crippen molar-refractivity contribution in [3.63, 3.8) is 0 Å². The van der Waals surface area contributed by atoms with Gasteiger partial charge in [-0.3, -0.25) is 0 Å². The Bertz CT molecular complexity index is 950. The Morgan fingerprint density at radius 1 is 1.15 bits per heavy atom. The minimum absolute atomic E-state index is 0.233. The van der Waals surface area contributed by atoms with Crippen LogP contribution in [-0.4, -0.2) is 12.1 Å². The van der Waals surface area contributed by atoms with Crippen molar-refractivity contribution in [3.05, 3.63) is 76.8 Å². The van der Waals surface area contributed by atoms with Gasteiger partial charge < -0.3 is 14.5 Å². The van der Waals surface area contributed by atoms with Crippen LogP contribution in [0.3, 0.4) is 0 Å². The molecule has 0 saturated heterocycles. The van der Waals surface area contributed by atoms with Gasteiger partial charge in [0.25, 0.3) is 0 Å². The predicted molar refractivity (Wildman–Crippen MR) is 102 cm³/mol. The van der Waals surface area contributed by atoms with Crippen molar-refractivity contribution in [1.82, 2.24) is 4.98 Å². The Morgan fingerprint density at radius 3 is 2.65 bits per heavy atom. The van der Waals surface area contributed by atoms with Gasteiger partial charge in [-0.25, -0.2) is 0 Å². The summed E-state index contributed by atoms with van der Waals surface area (Å²) in [4.78, 5) is 4.21. The molecule has 0 unspecified atom stereocenters. The average Bonchev–Trinajstić information content (AvgIpc) is 3.08. The standard InChI is InChI=1S/C21H19N3O2/c1-15-7-9-16(10-8-15)14-23-21-18(13-22)24-20(26-21)12-11-17-5-3-4-6-19(17)25-2/h3-12,23H,14H2,1-2H3. The number of para-hydroxylation sites is 1. The molecule has 2 aromatic carbocycles. The van der Waals surface area contributed by atoms with E-state index in [4.69, 9.17) is 9.15 Å². The maximum Gasteiger partial charge on any atom is 0.232 e. The summed E-state index contributed by atoms with van der Waals surface area (Å²) in [6.07, 6.45) is 3.56. The normalized spacial score (nSPS) is 10.7. The van der Waals surface area contributed by atoms with Crippen molar-refractivity contribution >= 4 is 18.0 Å². The van der Waals surface area contributed by atoms with E-state index >= 15 is 0 Å². The second-order valence-electron chi connectivity index (χ2n) is 5.76. The number of ether oxygens (including phenoxy) is 1. The molecule has 3 aromatic rings. The molecule has 1 aromatic heterocycles. The van der Waals surface area contributed by atoms with Crippen LogP contribution >= 0.6 is 0 Å². The van der Waals surface area contributed by atoms with E-state index in [1.54, 1.807) is 13.2 Å². The number of nitrogens with one attached hydrogen (secondary N) is 1. The van der Waals surface area contributed by atoms with Gasteiger partial charge in [0.15, 0.2) is 0 Å². The molecule has 130 valence electrons. The highest BCUT2D eigenvalue weighted by molar-refractivity contribution is 5.70. The molecular weight excluding hydrogens is 326 g/mol. The van der Waals surface area contributed by atoms with Gasteiger partial charge in [-0.05, 0) is 24.6 Å². The highest BCUT2D eigenvalue weighted by atomic mass is 16.5. The van der Waals surface area contributed by atoms with Crippen LogP contribution in [0.4, 0.5) is 5.88 Å². The van der Waals surface area contributed by atoms with Crippen molar-refractivity contribution in [2.24, 2.45) is 0 Å². The fraction of sp³-hybridized carbons (Fsp3) is 0.143. The maximum absolute atomic E-state index is 9.28. The number of hydrogen-bond donors (Lipinski definition) is 1. The highest BCUT2D eigenvalue weighted by Gasteiger charge is 2.11. The highest BCUT2D eigenvalue weighted by Crippen LogP contribution is 2.22. The summed E-state index contributed by atoms with van der Waals surface area (Å²) in [5.74, 6) is 1.49. The Hall–Kier alpha value is -3.52. The van der Waals surface area contributed by atoms with Crippen LogP contribution < -0.4 is 10.1 Å². The number of benzene rings is 2. The lowest BCUT2D eigenvalue weighted by atomic mass is 10.1. The number of aromatic nitrogens is 1. The minimum atomic E-state index is 0.233. The Kier molecular flexibility index (Phi) is 5.35. The third kappa shape index (κ3) is 4.11. The Morgan fingerprint density at radius 2 is 1.92 bits per heavy atom. The van der Waals surface area contributed by atoms with Crippen LogP contribution in [0.15, 0.2) is 52.9 Å².